The Morgan fingerprint density at radius 2 is 2.00 bits per heavy atom. The highest BCUT2D eigenvalue weighted by Crippen LogP contribution is 2.36. The molecule has 2 aromatic heterocycles. The molecule has 6 nitrogen and oxygen atoms in total. The van der Waals surface area contributed by atoms with Gasteiger partial charge >= 0.3 is 0 Å². The van der Waals surface area contributed by atoms with Gasteiger partial charge in [-0.3, -0.25) is 4.79 Å². The first-order valence-electron chi connectivity index (χ1n) is 9.71. The van der Waals surface area contributed by atoms with E-state index >= 15 is 0 Å². The molecule has 0 aromatic carbocycles. The Bertz CT molecular complexity index is 755. The van der Waals surface area contributed by atoms with Crippen molar-refractivity contribution in [3.63, 3.8) is 0 Å². The van der Waals surface area contributed by atoms with Crippen LogP contribution in [-0.4, -0.2) is 34.0 Å². The first-order chi connectivity index (χ1) is 13.1. The van der Waals surface area contributed by atoms with Gasteiger partial charge in [-0.25, -0.2) is 15.0 Å². The van der Waals surface area contributed by atoms with Crippen molar-refractivity contribution in [1.29, 1.82) is 0 Å². The van der Waals surface area contributed by atoms with E-state index in [2.05, 4.69) is 27.2 Å². The number of amides is 1. The van der Waals surface area contributed by atoms with Crippen molar-refractivity contribution in [3.8, 4) is 5.88 Å². The molecule has 144 valence electrons. The number of nitrogens with one attached hydrogen (secondary N) is 1. The Morgan fingerprint density at radius 3 is 2.59 bits per heavy atom. The van der Waals surface area contributed by atoms with Crippen LogP contribution in [-0.2, 0) is 0 Å². The molecule has 6 heteroatoms. The Balaban J connectivity index is 1.57. The molecule has 27 heavy (non-hydrogen) atoms. The number of hydrogen-bond acceptors (Lipinski definition) is 5. The Labute approximate surface area is 160 Å². The van der Waals surface area contributed by atoms with Gasteiger partial charge in [-0.2, -0.15) is 0 Å². The second kappa shape index (κ2) is 8.93. The lowest BCUT2D eigenvalue weighted by Crippen LogP contribution is -2.41. The fraction of sp³-hybridized carbons (Fsp3) is 0.524. The van der Waals surface area contributed by atoms with Gasteiger partial charge in [0.25, 0.3) is 5.91 Å². The van der Waals surface area contributed by atoms with E-state index in [1.54, 1.807) is 25.4 Å². The number of methoxy groups -OCH3 is 1. The van der Waals surface area contributed by atoms with Crippen LogP contribution in [0.1, 0.15) is 66.8 Å². The average molecular weight is 368 g/mol. The van der Waals surface area contributed by atoms with E-state index in [0.717, 1.165) is 43.6 Å². The van der Waals surface area contributed by atoms with Crippen molar-refractivity contribution in [2.45, 2.75) is 57.9 Å². The third kappa shape index (κ3) is 4.81. The summed E-state index contributed by atoms with van der Waals surface area (Å²) in [5.41, 5.74) is 1.59. The molecule has 1 amide bonds. The van der Waals surface area contributed by atoms with Crippen LogP contribution < -0.4 is 10.1 Å². The Kier molecular flexibility index (Phi) is 6.37. The predicted octanol–water partition coefficient (Wildman–Crippen LogP) is 3.67. The maximum Gasteiger partial charge on any atom is 0.253 e. The first-order valence-corrected chi connectivity index (χ1v) is 9.71. The van der Waals surface area contributed by atoms with E-state index in [4.69, 9.17) is 4.74 Å². The molecule has 0 radical (unpaired) electrons. The number of pyridine rings is 1. The van der Waals surface area contributed by atoms with Crippen molar-refractivity contribution in [3.05, 3.63) is 47.7 Å². The Morgan fingerprint density at radius 1 is 1.22 bits per heavy atom. The minimum Gasteiger partial charge on any atom is -0.481 e. The van der Waals surface area contributed by atoms with Crippen molar-refractivity contribution in [2.24, 2.45) is 5.92 Å². The van der Waals surface area contributed by atoms with E-state index in [0.29, 0.717) is 23.3 Å². The third-order valence-corrected chi connectivity index (χ3v) is 5.48. The molecule has 0 saturated heterocycles. The maximum absolute atomic E-state index is 12.6. The molecule has 0 spiro atoms. The summed E-state index contributed by atoms with van der Waals surface area (Å²) in [6.07, 6.45) is 8.65. The number of carbonyl (C=O) groups excluding carboxylic acids is 1. The zero-order valence-corrected chi connectivity index (χ0v) is 16.3. The lowest BCUT2D eigenvalue weighted by Gasteiger charge is -2.33. The Hall–Kier alpha value is -2.50. The second-order valence-corrected chi connectivity index (χ2v) is 7.25. The molecular formula is C21H28N4O2. The summed E-state index contributed by atoms with van der Waals surface area (Å²) in [4.78, 5) is 25.7. The molecule has 1 fully saturated rings. The summed E-state index contributed by atoms with van der Waals surface area (Å²) in [5.74, 6) is 2.33. The number of aryl methyl sites for hydroxylation is 1. The minimum absolute atomic E-state index is 0.0684. The summed E-state index contributed by atoms with van der Waals surface area (Å²) in [7, 11) is 1.56. The number of rotatable bonds is 6. The monoisotopic (exact) mass is 368 g/mol. The molecule has 1 unspecified atom stereocenters. The molecule has 2 aromatic rings. The van der Waals surface area contributed by atoms with Gasteiger partial charge in [-0.1, -0.05) is 6.92 Å². The summed E-state index contributed by atoms with van der Waals surface area (Å²) in [6.45, 7) is 4.14. The maximum atomic E-state index is 12.6. The SMILES string of the molecule is CCC(NC(=O)c1ccc(OC)nc1)[C@H]1CC[C@@H](c2nccc(C)n2)CC1. The molecule has 2 heterocycles. The van der Waals surface area contributed by atoms with E-state index < -0.39 is 0 Å². The highest BCUT2D eigenvalue weighted by atomic mass is 16.5. The number of carbonyl (C=O) groups is 1. The summed E-state index contributed by atoms with van der Waals surface area (Å²) in [5, 5.41) is 3.20. The van der Waals surface area contributed by atoms with Crippen LogP contribution in [0.3, 0.4) is 0 Å². The van der Waals surface area contributed by atoms with E-state index in [1.807, 2.05) is 19.2 Å². The third-order valence-electron chi connectivity index (χ3n) is 5.48. The summed E-state index contributed by atoms with van der Waals surface area (Å²) >= 11 is 0. The fourth-order valence-electron chi connectivity index (χ4n) is 3.89. The van der Waals surface area contributed by atoms with Gasteiger partial charge in [0.2, 0.25) is 5.88 Å². The number of ether oxygens (including phenoxy) is 1. The van der Waals surface area contributed by atoms with Gasteiger partial charge in [-0.15, -0.1) is 0 Å². The van der Waals surface area contributed by atoms with Crippen molar-refractivity contribution in [2.75, 3.05) is 7.11 Å². The van der Waals surface area contributed by atoms with Gasteiger partial charge in [0.15, 0.2) is 0 Å². The summed E-state index contributed by atoms with van der Waals surface area (Å²) < 4.78 is 5.05. The van der Waals surface area contributed by atoms with Gasteiger partial charge in [-0.05, 0) is 57.1 Å². The molecule has 1 aliphatic rings. The first kappa shape index (κ1) is 19.3. The fourth-order valence-corrected chi connectivity index (χ4v) is 3.89. The van der Waals surface area contributed by atoms with Crippen LogP contribution in [0.4, 0.5) is 0 Å². The number of nitrogens with zero attached hydrogens (tertiary/aromatic N) is 3. The summed E-state index contributed by atoms with van der Waals surface area (Å²) in [6, 6.07) is 5.58. The number of hydrogen-bond donors (Lipinski definition) is 1. The van der Waals surface area contributed by atoms with Gasteiger partial charge in [0, 0.05) is 36.1 Å². The molecule has 0 aliphatic heterocycles. The largest absolute Gasteiger partial charge is 0.481 e. The van der Waals surface area contributed by atoms with Gasteiger partial charge in [0.1, 0.15) is 5.82 Å². The van der Waals surface area contributed by atoms with Crippen LogP contribution in [0.5, 0.6) is 5.88 Å². The lowest BCUT2D eigenvalue weighted by atomic mass is 9.77. The van der Waals surface area contributed by atoms with E-state index in [-0.39, 0.29) is 11.9 Å². The molecule has 0 bridgehead atoms. The average Bonchev–Trinajstić information content (AvgIpc) is 2.72. The van der Waals surface area contributed by atoms with Crippen molar-refractivity contribution >= 4 is 5.91 Å². The van der Waals surface area contributed by atoms with Gasteiger partial charge < -0.3 is 10.1 Å². The van der Waals surface area contributed by atoms with Gasteiger partial charge in [0.05, 0.1) is 12.7 Å². The van der Waals surface area contributed by atoms with E-state index in [1.165, 1.54) is 0 Å². The van der Waals surface area contributed by atoms with Crippen LogP contribution >= 0.6 is 0 Å². The van der Waals surface area contributed by atoms with E-state index in [9.17, 15) is 4.79 Å². The van der Waals surface area contributed by atoms with Crippen molar-refractivity contribution < 1.29 is 9.53 Å². The zero-order valence-electron chi connectivity index (χ0n) is 16.3. The highest BCUT2D eigenvalue weighted by Gasteiger charge is 2.29. The molecule has 1 atom stereocenters. The number of aromatic nitrogens is 3. The standard InChI is InChI=1S/C21H28N4O2/c1-4-18(25-21(26)17-9-10-19(27-3)23-13-17)15-5-7-16(8-6-15)20-22-12-11-14(2)24-20/h9-13,15-16,18H,4-8H2,1-3H3,(H,25,26)/t15-,16+,18?. The van der Waals surface area contributed by atoms with Crippen LogP contribution in [0, 0.1) is 12.8 Å². The zero-order chi connectivity index (χ0) is 19.2. The van der Waals surface area contributed by atoms with Crippen molar-refractivity contribution in [1.82, 2.24) is 20.3 Å². The molecule has 1 saturated carbocycles. The smallest absolute Gasteiger partial charge is 0.253 e. The lowest BCUT2D eigenvalue weighted by molar-refractivity contribution is 0.0908. The molecule has 1 aliphatic carbocycles. The molecule has 1 N–H and O–H groups in total. The quantitative estimate of drug-likeness (QED) is 0.842. The molecular weight excluding hydrogens is 340 g/mol. The second-order valence-electron chi connectivity index (χ2n) is 7.25. The molecule has 3 rings (SSSR count). The van der Waals surface area contributed by atoms with Crippen LogP contribution in [0.2, 0.25) is 0 Å². The topological polar surface area (TPSA) is 77.0 Å². The minimum atomic E-state index is -0.0684. The normalized spacial score (nSPS) is 20.7. The highest BCUT2D eigenvalue weighted by molar-refractivity contribution is 5.94. The predicted molar refractivity (Wildman–Crippen MR) is 104 cm³/mol. The van der Waals surface area contributed by atoms with Crippen LogP contribution in [0.15, 0.2) is 30.6 Å². The van der Waals surface area contributed by atoms with Crippen LogP contribution in [0.25, 0.3) is 0 Å².